The first kappa shape index (κ1) is 12.8. The van der Waals surface area contributed by atoms with Crippen molar-refractivity contribution in [2.24, 2.45) is 7.05 Å². The lowest BCUT2D eigenvalue weighted by atomic mass is 10.0. The van der Waals surface area contributed by atoms with Crippen LogP contribution in [0.3, 0.4) is 0 Å². The lowest BCUT2D eigenvalue weighted by Gasteiger charge is -2.03. The minimum atomic E-state index is -0.409. The van der Waals surface area contributed by atoms with Gasteiger partial charge in [0, 0.05) is 12.6 Å². The van der Waals surface area contributed by atoms with Crippen molar-refractivity contribution in [3.63, 3.8) is 0 Å². The predicted octanol–water partition coefficient (Wildman–Crippen LogP) is 4.11. The zero-order chi connectivity index (χ0) is 15.3. The van der Waals surface area contributed by atoms with Gasteiger partial charge in [-0.25, -0.2) is 4.39 Å². The van der Waals surface area contributed by atoms with Crippen molar-refractivity contribution in [2.75, 3.05) is 5.73 Å². The quantitative estimate of drug-likeness (QED) is 0.536. The smallest absolute Gasteiger partial charge is 0.157 e. The Hall–Kier alpha value is -2.88. The maximum Gasteiger partial charge on any atom is 0.157 e. The molecule has 0 unspecified atom stereocenters. The van der Waals surface area contributed by atoms with Crippen molar-refractivity contribution in [1.29, 1.82) is 0 Å². The van der Waals surface area contributed by atoms with E-state index in [2.05, 4.69) is 5.10 Å². The number of hydrogen-bond acceptors (Lipinski definition) is 2. The van der Waals surface area contributed by atoms with E-state index in [1.807, 2.05) is 49.5 Å². The molecule has 4 rings (SSSR count). The molecule has 1 aromatic heterocycles. The Balaban J connectivity index is 2.05. The van der Waals surface area contributed by atoms with Crippen molar-refractivity contribution < 1.29 is 4.39 Å². The molecule has 0 fully saturated rings. The first-order valence-corrected chi connectivity index (χ1v) is 7.05. The highest BCUT2D eigenvalue weighted by atomic mass is 19.1. The zero-order valence-corrected chi connectivity index (χ0v) is 12.0. The first-order chi connectivity index (χ1) is 10.6. The van der Waals surface area contributed by atoms with Gasteiger partial charge in [-0.3, -0.25) is 4.68 Å². The van der Waals surface area contributed by atoms with E-state index in [9.17, 15) is 4.39 Å². The van der Waals surface area contributed by atoms with Gasteiger partial charge < -0.3 is 5.73 Å². The number of fused-ring (bicyclic) bond motifs is 2. The van der Waals surface area contributed by atoms with E-state index in [0.717, 1.165) is 21.9 Å². The SMILES string of the molecule is Cn1nc(-c2ccc3ccccc3c2)c2c(F)c(N)ccc21. The molecule has 0 aliphatic heterocycles. The van der Waals surface area contributed by atoms with Gasteiger partial charge in [0.1, 0.15) is 5.69 Å². The van der Waals surface area contributed by atoms with Crippen LogP contribution < -0.4 is 5.73 Å². The molecule has 108 valence electrons. The molecule has 0 spiro atoms. The Morgan fingerprint density at radius 1 is 1.00 bits per heavy atom. The molecule has 0 saturated heterocycles. The summed E-state index contributed by atoms with van der Waals surface area (Å²) in [6.45, 7) is 0. The molecule has 0 aliphatic carbocycles. The number of anilines is 1. The van der Waals surface area contributed by atoms with E-state index >= 15 is 0 Å². The van der Waals surface area contributed by atoms with Gasteiger partial charge in [0.25, 0.3) is 0 Å². The van der Waals surface area contributed by atoms with Gasteiger partial charge in [-0.2, -0.15) is 5.10 Å². The summed E-state index contributed by atoms with van der Waals surface area (Å²) >= 11 is 0. The summed E-state index contributed by atoms with van der Waals surface area (Å²) < 4.78 is 16.2. The molecule has 4 aromatic rings. The molecule has 0 amide bonds. The van der Waals surface area contributed by atoms with Crippen LogP contribution in [0.25, 0.3) is 32.9 Å². The summed E-state index contributed by atoms with van der Waals surface area (Å²) in [5.74, 6) is -0.409. The second-order valence-electron chi connectivity index (χ2n) is 5.40. The molecule has 1 heterocycles. The van der Waals surface area contributed by atoms with E-state index in [4.69, 9.17) is 5.73 Å². The third-order valence-electron chi connectivity index (χ3n) is 4.01. The van der Waals surface area contributed by atoms with Gasteiger partial charge in [-0.15, -0.1) is 0 Å². The molecule has 4 heteroatoms. The number of hydrogen-bond donors (Lipinski definition) is 1. The fraction of sp³-hybridized carbons (Fsp3) is 0.0556. The Bertz CT molecular complexity index is 1020. The van der Waals surface area contributed by atoms with Crippen molar-refractivity contribution in [1.82, 2.24) is 9.78 Å². The third kappa shape index (κ3) is 1.77. The summed E-state index contributed by atoms with van der Waals surface area (Å²) in [5, 5.41) is 7.21. The fourth-order valence-electron chi connectivity index (χ4n) is 2.87. The highest BCUT2D eigenvalue weighted by Crippen LogP contribution is 2.33. The van der Waals surface area contributed by atoms with E-state index in [-0.39, 0.29) is 5.69 Å². The van der Waals surface area contributed by atoms with Crippen molar-refractivity contribution in [3.05, 3.63) is 60.4 Å². The minimum Gasteiger partial charge on any atom is -0.396 e. The second-order valence-corrected chi connectivity index (χ2v) is 5.40. The van der Waals surface area contributed by atoms with Gasteiger partial charge in [0.2, 0.25) is 0 Å². The summed E-state index contributed by atoms with van der Waals surface area (Å²) in [7, 11) is 1.81. The van der Waals surface area contributed by atoms with Gasteiger partial charge >= 0.3 is 0 Å². The third-order valence-corrected chi connectivity index (χ3v) is 4.01. The van der Waals surface area contributed by atoms with Crippen LogP contribution in [0.15, 0.2) is 54.6 Å². The monoisotopic (exact) mass is 291 g/mol. The van der Waals surface area contributed by atoms with Crippen molar-refractivity contribution >= 4 is 27.4 Å². The number of benzene rings is 3. The lowest BCUT2D eigenvalue weighted by Crippen LogP contribution is -1.92. The Morgan fingerprint density at radius 2 is 1.77 bits per heavy atom. The number of halogens is 1. The van der Waals surface area contributed by atoms with Crippen molar-refractivity contribution in [3.8, 4) is 11.3 Å². The predicted molar refractivity (Wildman–Crippen MR) is 88.0 cm³/mol. The number of rotatable bonds is 1. The van der Waals surface area contributed by atoms with E-state index in [0.29, 0.717) is 11.1 Å². The molecule has 2 N–H and O–H groups in total. The topological polar surface area (TPSA) is 43.8 Å². The maximum atomic E-state index is 14.5. The summed E-state index contributed by atoms with van der Waals surface area (Å²) in [4.78, 5) is 0. The molecule has 0 saturated carbocycles. The van der Waals surface area contributed by atoms with Crippen LogP contribution in [0.2, 0.25) is 0 Å². The van der Waals surface area contributed by atoms with Gasteiger partial charge in [-0.05, 0) is 29.0 Å². The van der Waals surface area contributed by atoms with Crippen LogP contribution in [0.1, 0.15) is 0 Å². The minimum absolute atomic E-state index is 0.141. The molecule has 22 heavy (non-hydrogen) atoms. The van der Waals surface area contributed by atoms with Gasteiger partial charge in [0.05, 0.1) is 16.6 Å². The van der Waals surface area contributed by atoms with Gasteiger partial charge in [0.15, 0.2) is 5.82 Å². The van der Waals surface area contributed by atoms with Crippen LogP contribution in [0.4, 0.5) is 10.1 Å². The standard InChI is InChI=1S/C18H14FN3/c1-22-15-9-8-14(20)17(19)16(15)18(21-22)13-7-6-11-4-2-3-5-12(11)10-13/h2-10H,20H2,1H3. The summed E-state index contributed by atoms with van der Waals surface area (Å²) in [6.07, 6.45) is 0. The first-order valence-electron chi connectivity index (χ1n) is 7.05. The van der Waals surface area contributed by atoms with Crippen LogP contribution in [-0.4, -0.2) is 9.78 Å². The van der Waals surface area contributed by atoms with Crippen LogP contribution in [-0.2, 0) is 7.05 Å². The molecule has 3 nitrogen and oxygen atoms in total. The van der Waals surface area contributed by atoms with Crippen molar-refractivity contribution in [2.45, 2.75) is 0 Å². The van der Waals surface area contributed by atoms with Crippen LogP contribution in [0, 0.1) is 5.82 Å². The molecule has 0 bridgehead atoms. The molecular weight excluding hydrogens is 277 g/mol. The van der Waals surface area contributed by atoms with Gasteiger partial charge in [-0.1, -0.05) is 36.4 Å². The maximum absolute atomic E-state index is 14.5. The normalized spacial score (nSPS) is 11.4. The largest absolute Gasteiger partial charge is 0.396 e. The summed E-state index contributed by atoms with van der Waals surface area (Å²) in [6, 6.07) is 17.5. The second kappa shape index (κ2) is 4.56. The zero-order valence-electron chi connectivity index (χ0n) is 12.0. The molecular formula is C18H14FN3. The molecule has 0 radical (unpaired) electrons. The van der Waals surface area contributed by atoms with Crippen LogP contribution in [0.5, 0.6) is 0 Å². The fourth-order valence-corrected chi connectivity index (χ4v) is 2.87. The average Bonchev–Trinajstić information content (AvgIpc) is 2.88. The number of nitrogen functional groups attached to an aromatic ring is 1. The number of aromatic nitrogens is 2. The highest BCUT2D eigenvalue weighted by Gasteiger charge is 2.16. The highest BCUT2D eigenvalue weighted by molar-refractivity contribution is 5.98. The number of aryl methyl sites for hydroxylation is 1. The van der Waals surface area contributed by atoms with E-state index in [1.54, 1.807) is 16.8 Å². The van der Waals surface area contributed by atoms with Crippen LogP contribution >= 0.6 is 0 Å². The Kier molecular flexibility index (Phi) is 2.66. The molecule has 0 aliphatic rings. The Labute approximate surface area is 126 Å². The molecule has 3 aromatic carbocycles. The lowest BCUT2D eigenvalue weighted by molar-refractivity contribution is 0.644. The molecule has 0 atom stereocenters. The number of nitrogens with two attached hydrogens (primary N) is 1. The summed E-state index contributed by atoms with van der Waals surface area (Å²) in [5.41, 5.74) is 8.09. The van der Waals surface area contributed by atoms with E-state index in [1.165, 1.54) is 0 Å². The average molecular weight is 291 g/mol. The number of nitrogens with zero attached hydrogens (tertiary/aromatic N) is 2. The van der Waals surface area contributed by atoms with E-state index < -0.39 is 5.82 Å². The Morgan fingerprint density at radius 3 is 2.59 bits per heavy atom.